The number of hydrogen-bond donors (Lipinski definition) is 3. The average molecular weight is 198 g/mol. The minimum Gasteiger partial charge on any atom is -0.370 e. The van der Waals surface area contributed by atoms with E-state index >= 15 is 0 Å². The fraction of sp³-hybridized carbons (Fsp3) is 0.667. The SMILES string of the molecule is CC1=CN=C(N(C)CCCN)NC1O. The first kappa shape index (κ1) is 11.0. The van der Waals surface area contributed by atoms with Gasteiger partial charge in [-0.15, -0.1) is 0 Å². The number of hydrogen-bond acceptors (Lipinski definition) is 5. The molecule has 0 spiro atoms. The van der Waals surface area contributed by atoms with E-state index in [1.807, 2.05) is 18.9 Å². The molecule has 0 fully saturated rings. The van der Waals surface area contributed by atoms with Crippen molar-refractivity contribution in [2.24, 2.45) is 10.7 Å². The van der Waals surface area contributed by atoms with Gasteiger partial charge in [-0.05, 0) is 25.5 Å². The van der Waals surface area contributed by atoms with Crippen molar-refractivity contribution >= 4 is 5.96 Å². The summed E-state index contributed by atoms with van der Waals surface area (Å²) in [6.07, 6.45) is 1.97. The second kappa shape index (κ2) is 4.97. The Morgan fingerprint density at radius 1 is 1.71 bits per heavy atom. The molecule has 0 aromatic heterocycles. The molecule has 1 heterocycles. The Bertz CT molecular complexity index is 249. The zero-order valence-corrected chi connectivity index (χ0v) is 8.70. The van der Waals surface area contributed by atoms with Gasteiger partial charge in [0.1, 0.15) is 6.23 Å². The summed E-state index contributed by atoms with van der Waals surface area (Å²) in [5.74, 6) is 0.691. The number of aliphatic hydroxyl groups excluding tert-OH is 1. The fourth-order valence-corrected chi connectivity index (χ4v) is 1.15. The summed E-state index contributed by atoms with van der Waals surface area (Å²) in [4.78, 5) is 6.13. The minimum atomic E-state index is -0.622. The molecular weight excluding hydrogens is 180 g/mol. The summed E-state index contributed by atoms with van der Waals surface area (Å²) < 4.78 is 0. The van der Waals surface area contributed by atoms with Gasteiger partial charge in [-0.2, -0.15) is 0 Å². The third-order valence-corrected chi connectivity index (χ3v) is 2.15. The maximum atomic E-state index is 9.51. The molecule has 5 heteroatoms. The maximum Gasteiger partial charge on any atom is 0.200 e. The van der Waals surface area contributed by atoms with E-state index in [-0.39, 0.29) is 0 Å². The summed E-state index contributed by atoms with van der Waals surface area (Å²) in [7, 11) is 1.92. The van der Waals surface area contributed by atoms with E-state index in [1.165, 1.54) is 0 Å². The Balaban J connectivity index is 2.52. The summed E-state index contributed by atoms with van der Waals surface area (Å²) >= 11 is 0. The Labute approximate surface area is 84.3 Å². The van der Waals surface area contributed by atoms with Crippen LogP contribution in [0, 0.1) is 0 Å². The molecule has 5 nitrogen and oxygen atoms in total. The number of aliphatic hydroxyl groups is 1. The van der Waals surface area contributed by atoms with Gasteiger partial charge >= 0.3 is 0 Å². The van der Waals surface area contributed by atoms with Crippen LogP contribution in [0.2, 0.25) is 0 Å². The largest absolute Gasteiger partial charge is 0.370 e. The van der Waals surface area contributed by atoms with Crippen molar-refractivity contribution in [3.8, 4) is 0 Å². The maximum absolute atomic E-state index is 9.51. The Morgan fingerprint density at radius 3 is 3.00 bits per heavy atom. The molecule has 0 saturated heterocycles. The molecule has 0 radical (unpaired) electrons. The molecule has 0 bridgehead atoms. The lowest BCUT2D eigenvalue weighted by molar-refractivity contribution is 0.188. The number of nitrogens with one attached hydrogen (secondary N) is 1. The first-order valence-electron chi connectivity index (χ1n) is 4.75. The first-order valence-corrected chi connectivity index (χ1v) is 4.75. The summed E-state index contributed by atoms with van der Waals surface area (Å²) in [5.41, 5.74) is 6.23. The molecule has 0 aliphatic carbocycles. The molecule has 1 atom stereocenters. The van der Waals surface area contributed by atoms with Gasteiger partial charge in [0, 0.05) is 19.8 Å². The van der Waals surface area contributed by atoms with Crippen LogP contribution in [0.4, 0.5) is 0 Å². The summed E-state index contributed by atoms with van der Waals surface area (Å²) in [6, 6.07) is 0. The van der Waals surface area contributed by atoms with Gasteiger partial charge in [0.2, 0.25) is 5.96 Å². The number of rotatable bonds is 3. The Hall–Kier alpha value is -1.07. The van der Waals surface area contributed by atoms with Crippen LogP contribution < -0.4 is 11.1 Å². The van der Waals surface area contributed by atoms with Crippen LogP contribution in [0.1, 0.15) is 13.3 Å². The van der Waals surface area contributed by atoms with E-state index < -0.39 is 6.23 Å². The molecule has 0 aromatic rings. The van der Waals surface area contributed by atoms with Crippen LogP contribution in [0.5, 0.6) is 0 Å². The number of nitrogens with zero attached hydrogens (tertiary/aromatic N) is 2. The molecule has 1 aliphatic rings. The lowest BCUT2D eigenvalue weighted by Crippen LogP contribution is -2.46. The standard InChI is InChI=1S/C9H18N4O/c1-7-6-11-9(12-8(7)14)13(2)5-3-4-10/h6,8,14H,3-5,10H2,1-2H3,(H,11,12). The molecule has 1 aliphatic heterocycles. The molecule has 80 valence electrons. The molecule has 0 amide bonds. The van der Waals surface area contributed by atoms with Crippen LogP contribution in [0.25, 0.3) is 0 Å². The lowest BCUT2D eigenvalue weighted by atomic mass is 10.2. The van der Waals surface area contributed by atoms with Gasteiger partial charge in [-0.3, -0.25) is 0 Å². The third-order valence-electron chi connectivity index (χ3n) is 2.15. The van der Waals surface area contributed by atoms with Gasteiger partial charge in [0.25, 0.3) is 0 Å². The van der Waals surface area contributed by atoms with Crippen molar-refractivity contribution < 1.29 is 5.11 Å². The molecule has 0 saturated carbocycles. The normalized spacial score (nSPS) is 21.0. The van der Waals surface area contributed by atoms with Gasteiger partial charge in [-0.1, -0.05) is 0 Å². The number of aliphatic imine (C=N–C) groups is 1. The third kappa shape index (κ3) is 2.71. The average Bonchev–Trinajstić information content (AvgIpc) is 2.18. The predicted molar refractivity (Wildman–Crippen MR) is 56.6 cm³/mol. The van der Waals surface area contributed by atoms with Crippen LogP contribution in [0.3, 0.4) is 0 Å². The van der Waals surface area contributed by atoms with E-state index in [4.69, 9.17) is 5.73 Å². The number of nitrogens with two attached hydrogens (primary N) is 1. The Morgan fingerprint density at radius 2 is 2.43 bits per heavy atom. The minimum absolute atomic E-state index is 0.622. The van der Waals surface area contributed by atoms with Crippen molar-refractivity contribution in [3.05, 3.63) is 11.8 Å². The summed E-state index contributed by atoms with van der Waals surface area (Å²) in [6.45, 7) is 3.33. The van der Waals surface area contributed by atoms with Gasteiger partial charge in [-0.25, -0.2) is 4.99 Å². The predicted octanol–water partition coefficient (Wildman–Crippen LogP) is -0.552. The number of guanidine groups is 1. The molecule has 4 N–H and O–H groups in total. The van der Waals surface area contributed by atoms with Crippen molar-refractivity contribution in [1.29, 1.82) is 0 Å². The highest BCUT2D eigenvalue weighted by Crippen LogP contribution is 2.05. The highest BCUT2D eigenvalue weighted by Gasteiger charge is 2.15. The van der Waals surface area contributed by atoms with Gasteiger partial charge < -0.3 is 21.1 Å². The van der Waals surface area contributed by atoms with E-state index in [9.17, 15) is 5.11 Å². The zero-order chi connectivity index (χ0) is 10.6. The summed E-state index contributed by atoms with van der Waals surface area (Å²) in [5, 5.41) is 12.4. The van der Waals surface area contributed by atoms with Crippen molar-refractivity contribution in [3.63, 3.8) is 0 Å². The smallest absolute Gasteiger partial charge is 0.200 e. The molecule has 1 unspecified atom stereocenters. The molecule has 0 aromatic carbocycles. The quantitative estimate of drug-likeness (QED) is 0.569. The van der Waals surface area contributed by atoms with Crippen LogP contribution in [0.15, 0.2) is 16.8 Å². The highest BCUT2D eigenvalue weighted by molar-refractivity contribution is 5.81. The van der Waals surface area contributed by atoms with E-state index in [0.717, 1.165) is 18.5 Å². The van der Waals surface area contributed by atoms with E-state index in [2.05, 4.69) is 10.3 Å². The van der Waals surface area contributed by atoms with E-state index in [1.54, 1.807) is 6.20 Å². The lowest BCUT2D eigenvalue weighted by Gasteiger charge is -2.27. The molecular formula is C9H18N4O. The zero-order valence-electron chi connectivity index (χ0n) is 8.70. The van der Waals surface area contributed by atoms with Gasteiger partial charge in [0.15, 0.2) is 0 Å². The molecule has 1 rings (SSSR count). The van der Waals surface area contributed by atoms with Crippen molar-refractivity contribution in [2.75, 3.05) is 20.1 Å². The second-order valence-electron chi connectivity index (χ2n) is 3.44. The van der Waals surface area contributed by atoms with Crippen molar-refractivity contribution in [1.82, 2.24) is 10.2 Å². The van der Waals surface area contributed by atoms with Gasteiger partial charge in [0.05, 0.1) is 0 Å². The van der Waals surface area contributed by atoms with Crippen LogP contribution in [-0.4, -0.2) is 42.3 Å². The van der Waals surface area contributed by atoms with E-state index in [0.29, 0.717) is 12.5 Å². The van der Waals surface area contributed by atoms with Crippen LogP contribution in [-0.2, 0) is 0 Å². The monoisotopic (exact) mass is 198 g/mol. The van der Waals surface area contributed by atoms with Crippen LogP contribution >= 0.6 is 0 Å². The first-order chi connectivity index (χ1) is 6.65. The van der Waals surface area contributed by atoms with Crippen molar-refractivity contribution in [2.45, 2.75) is 19.6 Å². The second-order valence-corrected chi connectivity index (χ2v) is 3.44. The molecule has 14 heavy (non-hydrogen) atoms. The fourth-order valence-electron chi connectivity index (χ4n) is 1.15. The topological polar surface area (TPSA) is 73.9 Å². The Kier molecular flexibility index (Phi) is 3.91. The highest BCUT2D eigenvalue weighted by atomic mass is 16.3.